The second-order valence-electron chi connectivity index (χ2n) is 6.02. The predicted molar refractivity (Wildman–Crippen MR) is 104 cm³/mol. The minimum atomic E-state index is -3.80. The Morgan fingerprint density at radius 3 is 2.75 bits per heavy atom. The van der Waals surface area contributed by atoms with Crippen LogP contribution in [0.2, 0.25) is 5.02 Å². The highest BCUT2D eigenvalue weighted by atomic mass is 35.5. The molecule has 144 valence electrons. The van der Waals surface area contributed by atoms with E-state index in [4.69, 9.17) is 11.6 Å². The lowest BCUT2D eigenvalue weighted by Gasteiger charge is -2.28. The Kier molecular flexibility index (Phi) is 4.76. The standard InChI is InChI=1S/C18H12ClF2N3O2S2/c1-24-15-5-2-11(19)7-13(15)17-16(28(24,25)26)8-22-18(23-17)27-9-10-6-12(20)3-4-14(10)21/h2-8H,9H2,1H3. The summed E-state index contributed by atoms with van der Waals surface area (Å²) >= 11 is 7.16. The van der Waals surface area contributed by atoms with Gasteiger partial charge in [0.1, 0.15) is 16.5 Å². The number of rotatable bonds is 3. The Balaban J connectivity index is 1.75. The summed E-state index contributed by atoms with van der Waals surface area (Å²) in [4.78, 5) is 8.41. The first-order valence-corrected chi connectivity index (χ1v) is 10.8. The molecule has 1 aromatic heterocycles. The monoisotopic (exact) mass is 439 g/mol. The van der Waals surface area contributed by atoms with Crippen molar-refractivity contribution in [2.45, 2.75) is 15.8 Å². The van der Waals surface area contributed by atoms with Crippen molar-refractivity contribution in [1.82, 2.24) is 9.97 Å². The van der Waals surface area contributed by atoms with E-state index in [1.807, 2.05) is 0 Å². The van der Waals surface area contributed by atoms with E-state index in [2.05, 4.69) is 9.97 Å². The molecule has 0 saturated heterocycles. The van der Waals surface area contributed by atoms with Crippen LogP contribution in [0.15, 0.2) is 52.6 Å². The molecule has 2 heterocycles. The predicted octanol–water partition coefficient (Wildman–Crippen LogP) is 4.51. The Morgan fingerprint density at radius 2 is 1.96 bits per heavy atom. The third-order valence-corrected chi connectivity index (χ3v) is 7.21. The number of fused-ring (bicyclic) bond motifs is 3. The van der Waals surface area contributed by atoms with Crippen molar-refractivity contribution in [2.75, 3.05) is 11.4 Å². The van der Waals surface area contributed by atoms with Crippen LogP contribution in [0.5, 0.6) is 0 Å². The maximum Gasteiger partial charge on any atom is 0.267 e. The summed E-state index contributed by atoms with van der Waals surface area (Å²) in [5, 5.41) is 0.681. The maximum absolute atomic E-state index is 13.8. The van der Waals surface area contributed by atoms with Gasteiger partial charge in [0, 0.05) is 29.0 Å². The summed E-state index contributed by atoms with van der Waals surface area (Å²) < 4.78 is 53.8. The molecule has 0 unspecified atom stereocenters. The number of anilines is 1. The molecule has 1 aliphatic rings. The molecular formula is C18H12ClF2N3O2S2. The Hall–Kier alpha value is -2.23. The zero-order valence-corrected chi connectivity index (χ0v) is 16.7. The van der Waals surface area contributed by atoms with Crippen LogP contribution in [0.25, 0.3) is 11.3 Å². The lowest BCUT2D eigenvalue weighted by molar-refractivity contribution is 0.591. The molecule has 28 heavy (non-hydrogen) atoms. The number of thioether (sulfide) groups is 1. The number of halogens is 3. The quantitative estimate of drug-likeness (QED) is 0.444. The normalized spacial score (nSPS) is 14.5. The fraction of sp³-hybridized carbons (Fsp3) is 0.111. The summed E-state index contributed by atoms with van der Waals surface area (Å²) in [6.07, 6.45) is 1.22. The molecule has 3 aromatic rings. The van der Waals surface area contributed by atoms with Gasteiger partial charge in [-0.3, -0.25) is 4.31 Å². The fourth-order valence-electron chi connectivity index (χ4n) is 2.85. The van der Waals surface area contributed by atoms with Gasteiger partial charge >= 0.3 is 0 Å². The van der Waals surface area contributed by atoms with Gasteiger partial charge in [-0.25, -0.2) is 27.2 Å². The first-order valence-electron chi connectivity index (χ1n) is 8.00. The molecule has 1 aliphatic heterocycles. The molecule has 0 N–H and O–H groups in total. The van der Waals surface area contributed by atoms with Crippen LogP contribution in [0.3, 0.4) is 0 Å². The van der Waals surface area contributed by atoms with Crippen LogP contribution in [-0.2, 0) is 15.8 Å². The number of benzene rings is 2. The lowest BCUT2D eigenvalue weighted by Crippen LogP contribution is -2.31. The van der Waals surface area contributed by atoms with Gasteiger partial charge in [0.2, 0.25) is 0 Å². The summed E-state index contributed by atoms with van der Waals surface area (Å²) in [7, 11) is -2.35. The molecular weight excluding hydrogens is 428 g/mol. The van der Waals surface area contributed by atoms with Crippen LogP contribution in [0.1, 0.15) is 5.56 Å². The highest BCUT2D eigenvalue weighted by Gasteiger charge is 2.34. The van der Waals surface area contributed by atoms with E-state index in [1.165, 1.54) is 13.2 Å². The highest BCUT2D eigenvalue weighted by Crippen LogP contribution is 2.42. The van der Waals surface area contributed by atoms with Crippen molar-refractivity contribution in [3.05, 3.63) is 64.8 Å². The van der Waals surface area contributed by atoms with E-state index in [9.17, 15) is 17.2 Å². The topological polar surface area (TPSA) is 63.2 Å². The Labute approximate surface area is 169 Å². The molecule has 0 spiro atoms. The number of hydrogen-bond donors (Lipinski definition) is 0. The van der Waals surface area contributed by atoms with E-state index < -0.39 is 21.7 Å². The highest BCUT2D eigenvalue weighted by molar-refractivity contribution is 7.98. The third kappa shape index (κ3) is 3.23. The number of nitrogens with zero attached hydrogens (tertiary/aromatic N) is 3. The van der Waals surface area contributed by atoms with E-state index in [1.54, 1.807) is 18.2 Å². The molecule has 2 aromatic carbocycles. The smallest absolute Gasteiger partial charge is 0.267 e. The Morgan fingerprint density at radius 1 is 1.18 bits per heavy atom. The van der Waals surface area contributed by atoms with Gasteiger partial charge < -0.3 is 0 Å². The molecule has 0 amide bonds. The molecule has 0 atom stereocenters. The molecule has 4 rings (SSSR count). The van der Waals surface area contributed by atoms with E-state index >= 15 is 0 Å². The minimum absolute atomic E-state index is 0.0361. The lowest BCUT2D eigenvalue weighted by atomic mass is 10.1. The minimum Gasteiger partial charge on any atom is -0.269 e. The van der Waals surface area contributed by atoms with Crippen LogP contribution in [-0.4, -0.2) is 25.4 Å². The van der Waals surface area contributed by atoms with Crippen LogP contribution < -0.4 is 4.31 Å². The van der Waals surface area contributed by atoms with Crippen molar-refractivity contribution >= 4 is 39.1 Å². The van der Waals surface area contributed by atoms with Gasteiger partial charge in [0.05, 0.1) is 17.6 Å². The first kappa shape index (κ1) is 19.1. The average molecular weight is 440 g/mol. The van der Waals surface area contributed by atoms with Crippen molar-refractivity contribution in [2.24, 2.45) is 0 Å². The van der Waals surface area contributed by atoms with Crippen molar-refractivity contribution in [1.29, 1.82) is 0 Å². The van der Waals surface area contributed by atoms with Gasteiger partial charge in [0.25, 0.3) is 10.0 Å². The second kappa shape index (κ2) is 6.98. The fourth-order valence-corrected chi connectivity index (χ4v) is 5.11. The first-order chi connectivity index (χ1) is 13.3. The van der Waals surface area contributed by atoms with Gasteiger partial charge in [-0.05, 0) is 36.4 Å². The van der Waals surface area contributed by atoms with Crippen molar-refractivity contribution < 1.29 is 17.2 Å². The van der Waals surface area contributed by atoms with Gasteiger partial charge in [0.15, 0.2) is 5.16 Å². The van der Waals surface area contributed by atoms with E-state index in [0.717, 1.165) is 34.3 Å². The summed E-state index contributed by atoms with van der Waals surface area (Å²) in [6, 6.07) is 8.04. The summed E-state index contributed by atoms with van der Waals surface area (Å²) in [5.41, 5.74) is 1.40. The SMILES string of the molecule is CN1c2ccc(Cl)cc2-c2nc(SCc3cc(F)ccc3F)ncc2S1(=O)=O. The molecule has 10 heteroatoms. The van der Waals surface area contributed by atoms with Crippen LogP contribution >= 0.6 is 23.4 Å². The number of sulfonamides is 1. The Bertz CT molecular complexity index is 1210. The number of aromatic nitrogens is 2. The number of hydrogen-bond acceptors (Lipinski definition) is 5. The molecule has 0 aliphatic carbocycles. The van der Waals surface area contributed by atoms with E-state index in [0.29, 0.717) is 16.3 Å². The summed E-state index contributed by atoms with van der Waals surface area (Å²) in [5.74, 6) is -0.980. The second-order valence-corrected chi connectivity index (χ2v) is 9.34. The van der Waals surface area contributed by atoms with Crippen LogP contribution in [0, 0.1) is 11.6 Å². The van der Waals surface area contributed by atoms with Crippen molar-refractivity contribution in [3.8, 4) is 11.3 Å². The van der Waals surface area contributed by atoms with E-state index in [-0.39, 0.29) is 27.1 Å². The third-order valence-electron chi connectivity index (χ3n) is 4.29. The molecule has 0 bridgehead atoms. The van der Waals surface area contributed by atoms with Gasteiger partial charge in [-0.2, -0.15) is 0 Å². The average Bonchev–Trinajstić information content (AvgIpc) is 2.67. The molecule has 0 saturated carbocycles. The van der Waals surface area contributed by atoms with Crippen LogP contribution in [0.4, 0.5) is 14.5 Å². The maximum atomic E-state index is 13.8. The molecule has 5 nitrogen and oxygen atoms in total. The van der Waals surface area contributed by atoms with Gasteiger partial charge in [-0.15, -0.1) is 0 Å². The zero-order valence-electron chi connectivity index (χ0n) is 14.4. The van der Waals surface area contributed by atoms with Gasteiger partial charge in [-0.1, -0.05) is 23.4 Å². The van der Waals surface area contributed by atoms with Crippen molar-refractivity contribution in [3.63, 3.8) is 0 Å². The largest absolute Gasteiger partial charge is 0.269 e. The summed E-state index contributed by atoms with van der Waals surface area (Å²) in [6.45, 7) is 0. The molecule has 0 radical (unpaired) electrons. The molecule has 0 fully saturated rings. The zero-order chi connectivity index (χ0) is 20.1.